The van der Waals surface area contributed by atoms with Crippen molar-refractivity contribution in [1.29, 1.82) is 0 Å². The van der Waals surface area contributed by atoms with E-state index in [2.05, 4.69) is 20.6 Å². The first-order valence-electron chi connectivity index (χ1n) is 7.83. The van der Waals surface area contributed by atoms with Gasteiger partial charge in [0.2, 0.25) is 0 Å². The molecule has 0 saturated carbocycles. The van der Waals surface area contributed by atoms with Crippen molar-refractivity contribution in [1.82, 2.24) is 20.6 Å². The Labute approximate surface area is 155 Å². The first-order valence-corrected chi connectivity index (χ1v) is 8.65. The zero-order valence-corrected chi connectivity index (χ0v) is 15.8. The van der Waals surface area contributed by atoms with Crippen LogP contribution in [0.2, 0.25) is 0 Å². The number of nitrogens with one attached hydrogen (secondary N) is 2. The number of aryl methyl sites for hydroxylation is 1. The van der Waals surface area contributed by atoms with Crippen LogP contribution in [-0.2, 0) is 9.53 Å². The Bertz CT molecular complexity index is 812. The fourth-order valence-electron chi connectivity index (χ4n) is 1.92. The SMILES string of the molecule is Cc1nc(-c2ccccn2)sc1C(=O)OCC(=O)NC(=O)NC(C)(C)C. The van der Waals surface area contributed by atoms with Crippen LogP contribution in [0.1, 0.15) is 36.1 Å². The van der Waals surface area contributed by atoms with Crippen LogP contribution in [-0.4, -0.2) is 40.0 Å². The Hall–Kier alpha value is -2.81. The highest BCUT2D eigenvalue weighted by Crippen LogP contribution is 2.26. The van der Waals surface area contributed by atoms with Gasteiger partial charge in [-0.25, -0.2) is 14.6 Å². The monoisotopic (exact) mass is 376 g/mol. The molecule has 0 aliphatic carbocycles. The quantitative estimate of drug-likeness (QED) is 0.792. The molecule has 0 spiro atoms. The largest absolute Gasteiger partial charge is 0.451 e. The van der Waals surface area contributed by atoms with Crippen molar-refractivity contribution in [2.75, 3.05) is 6.61 Å². The van der Waals surface area contributed by atoms with Gasteiger partial charge in [-0.15, -0.1) is 11.3 Å². The van der Waals surface area contributed by atoms with Crippen LogP contribution < -0.4 is 10.6 Å². The van der Waals surface area contributed by atoms with E-state index < -0.39 is 30.1 Å². The molecule has 0 fully saturated rings. The van der Waals surface area contributed by atoms with Gasteiger partial charge in [0.25, 0.3) is 5.91 Å². The van der Waals surface area contributed by atoms with Crippen molar-refractivity contribution >= 4 is 29.2 Å². The van der Waals surface area contributed by atoms with Crippen LogP contribution in [0.5, 0.6) is 0 Å². The number of aromatic nitrogens is 2. The van der Waals surface area contributed by atoms with Crippen LogP contribution in [0.3, 0.4) is 0 Å². The van der Waals surface area contributed by atoms with Crippen LogP contribution >= 0.6 is 11.3 Å². The Balaban J connectivity index is 1.93. The third-order valence-corrected chi connectivity index (χ3v) is 4.10. The summed E-state index contributed by atoms with van der Waals surface area (Å²) < 4.78 is 4.97. The van der Waals surface area contributed by atoms with E-state index in [0.29, 0.717) is 16.4 Å². The van der Waals surface area contributed by atoms with Crippen LogP contribution in [0.4, 0.5) is 4.79 Å². The molecule has 0 unspecified atom stereocenters. The number of ether oxygens (including phenoxy) is 1. The molecular weight excluding hydrogens is 356 g/mol. The lowest BCUT2D eigenvalue weighted by Crippen LogP contribution is -2.49. The molecule has 3 amide bonds. The summed E-state index contributed by atoms with van der Waals surface area (Å²) in [6, 6.07) is 4.75. The number of carbonyl (C=O) groups excluding carboxylic acids is 3. The van der Waals surface area contributed by atoms with Crippen molar-refractivity contribution in [3.63, 3.8) is 0 Å². The number of imide groups is 1. The Kier molecular flexibility index (Phi) is 6.04. The van der Waals surface area contributed by atoms with Crippen LogP contribution in [0.15, 0.2) is 24.4 Å². The highest BCUT2D eigenvalue weighted by atomic mass is 32.1. The van der Waals surface area contributed by atoms with Gasteiger partial charge in [-0.2, -0.15) is 0 Å². The van der Waals surface area contributed by atoms with E-state index in [1.54, 1.807) is 46.0 Å². The summed E-state index contributed by atoms with van der Waals surface area (Å²) in [5.41, 5.74) is 0.658. The van der Waals surface area contributed by atoms with Crippen molar-refractivity contribution in [3.8, 4) is 10.7 Å². The van der Waals surface area contributed by atoms with Gasteiger partial charge in [0.05, 0.1) is 11.4 Å². The molecule has 2 heterocycles. The van der Waals surface area contributed by atoms with Crippen molar-refractivity contribution < 1.29 is 19.1 Å². The zero-order chi connectivity index (χ0) is 19.3. The van der Waals surface area contributed by atoms with Gasteiger partial charge in [-0.1, -0.05) is 6.07 Å². The van der Waals surface area contributed by atoms with E-state index >= 15 is 0 Å². The highest BCUT2D eigenvalue weighted by molar-refractivity contribution is 7.17. The third-order valence-electron chi connectivity index (χ3n) is 2.94. The lowest BCUT2D eigenvalue weighted by molar-refractivity contribution is -0.123. The van der Waals surface area contributed by atoms with Gasteiger partial charge in [0.1, 0.15) is 9.88 Å². The predicted molar refractivity (Wildman–Crippen MR) is 96.8 cm³/mol. The molecule has 0 saturated heterocycles. The molecule has 26 heavy (non-hydrogen) atoms. The molecular formula is C17H20N4O4S. The average molecular weight is 376 g/mol. The van der Waals surface area contributed by atoms with Gasteiger partial charge >= 0.3 is 12.0 Å². The Morgan fingerprint density at radius 2 is 1.96 bits per heavy atom. The number of amides is 3. The van der Waals surface area contributed by atoms with E-state index in [1.807, 2.05) is 6.07 Å². The number of pyridine rings is 1. The highest BCUT2D eigenvalue weighted by Gasteiger charge is 2.20. The number of thiazole rings is 1. The molecule has 2 N–H and O–H groups in total. The first-order chi connectivity index (χ1) is 12.2. The fourth-order valence-corrected chi connectivity index (χ4v) is 2.85. The molecule has 0 atom stereocenters. The second-order valence-corrected chi connectivity index (χ2v) is 7.48. The summed E-state index contributed by atoms with van der Waals surface area (Å²) in [6.45, 7) is 6.46. The molecule has 2 rings (SSSR count). The van der Waals surface area contributed by atoms with Gasteiger partial charge in [0.15, 0.2) is 6.61 Å². The molecule has 2 aromatic rings. The molecule has 2 aromatic heterocycles. The average Bonchev–Trinajstić information content (AvgIpc) is 2.93. The molecule has 138 valence electrons. The van der Waals surface area contributed by atoms with Crippen LogP contribution in [0.25, 0.3) is 10.7 Å². The number of hydrogen-bond acceptors (Lipinski definition) is 7. The normalized spacial score (nSPS) is 10.9. The van der Waals surface area contributed by atoms with E-state index in [-0.39, 0.29) is 4.88 Å². The van der Waals surface area contributed by atoms with Gasteiger partial charge in [-0.05, 0) is 39.8 Å². The minimum Gasteiger partial charge on any atom is -0.451 e. The fraction of sp³-hybridized carbons (Fsp3) is 0.353. The lowest BCUT2D eigenvalue weighted by Gasteiger charge is -2.20. The van der Waals surface area contributed by atoms with Crippen LogP contribution in [0, 0.1) is 6.92 Å². The molecule has 8 nitrogen and oxygen atoms in total. The summed E-state index contributed by atoms with van der Waals surface area (Å²) in [6.07, 6.45) is 1.64. The second kappa shape index (κ2) is 8.05. The summed E-state index contributed by atoms with van der Waals surface area (Å²) in [5, 5.41) is 5.26. The predicted octanol–water partition coefficient (Wildman–Crippen LogP) is 2.29. The molecule has 0 aliphatic rings. The smallest absolute Gasteiger partial charge is 0.350 e. The van der Waals surface area contributed by atoms with E-state index in [1.165, 1.54) is 0 Å². The van der Waals surface area contributed by atoms with E-state index in [0.717, 1.165) is 11.3 Å². The maximum Gasteiger partial charge on any atom is 0.350 e. The zero-order valence-electron chi connectivity index (χ0n) is 15.0. The standard InChI is InChI=1S/C17H20N4O4S/c1-10-13(26-14(19-10)11-7-5-6-8-18-11)15(23)25-9-12(22)20-16(24)21-17(2,3)4/h5-8H,9H2,1-4H3,(H2,20,21,22,24). The number of nitrogens with zero attached hydrogens (tertiary/aromatic N) is 2. The minimum absolute atomic E-state index is 0.289. The maximum absolute atomic E-state index is 12.2. The Morgan fingerprint density at radius 1 is 1.23 bits per heavy atom. The third kappa shape index (κ3) is 5.62. The summed E-state index contributed by atoms with van der Waals surface area (Å²) in [4.78, 5) is 44.3. The van der Waals surface area contributed by atoms with E-state index in [4.69, 9.17) is 4.74 Å². The van der Waals surface area contributed by atoms with Crippen molar-refractivity contribution in [3.05, 3.63) is 35.0 Å². The first kappa shape index (κ1) is 19.5. The minimum atomic E-state index is -0.716. The number of carbonyl (C=O) groups is 3. The molecule has 0 aliphatic heterocycles. The van der Waals surface area contributed by atoms with Gasteiger partial charge in [-0.3, -0.25) is 15.1 Å². The molecule has 9 heteroatoms. The number of hydrogen-bond donors (Lipinski definition) is 2. The molecule has 0 bridgehead atoms. The van der Waals surface area contributed by atoms with Gasteiger partial charge in [0, 0.05) is 11.7 Å². The Morgan fingerprint density at radius 3 is 2.58 bits per heavy atom. The maximum atomic E-state index is 12.2. The van der Waals surface area contributed by atoms with Crippen molar-refractivity contribution in [2.24, 2.45) is 0 Å². The van der Waals surface area contributed by atoms with Crippen molar-refractivity contribution in [2.45, 2.75) is 33.2 Å². The second-order valence-electron chi connectivity index (χ2n) is 6.48. The van der Waals surface area contributed by atoms with E-state index in [9.17, 15) is 14.4 Å². The summed E-state index contributed by atoms with van der Waals surface area (Å²) in [5.74, 6) is -1.39. The number of rotatable bonds is 4. The van der Waals surface area contributed by atoms with Gasteiger partial charge < -0.3 is 10.1 Å². The summed E-state index contributed by atoms with van der Waals surface area (Å²) in [7, 11) is 0. The topological polar surface area (TPSA) is 110 Å². The number of urea groups is 1. The molecule has 0 radical (unpaired) electrons. The number of esters is 1. The summed E-state index contributed by atoms with van der Waals surface area (Å²) >= 11 is 1.14. The lowest BCUT2D eigenvalue weighted by atomic mass is 10.1. The molecule has 0 aromatic carbocycles.